The number of carbonyl (C=O) groups is 1. The predicted molar refractivity (Wildman–Crippen MR) is 38.1 cm³/mol. The van der Waals surface area contributed by atoms with Gasteiger partial charge in [0.05, 0.1) is 5.56 Å². The highest BCUT2D eigenvalue weighted by Gasteiger charge is 1.99. The molecule has 10 heavy (non-hydrogen) atoms. The van der Waals surface area contributed by atoms with Gasteiger partial charge >= 0.3 is 5.97 Å². The fourth-order valence-electron chi connectivity index (χ4n) is 0.772. The van der Waals surface area contributed by atoms with E-state index < -0.39 is 5.97 Å². The summed E-state index contributed by atoms with van der Waals surface area (Å²) in [6.07, 6.45) is 0. The molecular weight excluding hydrogens is 128 g/mol. The third-order valence-corrected chi connectivity index (χ3v) is 1.25. The minimum Gasteiger partial charge on any atom is -0.478 e. The van der Waals surface area contributed by atoms with E-state index in [4.69, 9.17) is 1.43 Å². The summed E-state index contributed by atoms with van der Waals surface area (Å²) >= 11 is 0. The minimum absolute atomic E-state index is 0.417. The summed E-state index contributed by atoms with van der Waals surface area (Å²) in [4.78, 5) is 10.8. The number of hydrogen-bond donors (Lipinski definition) is 1. The van der Waals surface area contributed by atoms with Gasteiger partial charge in [0.25, 0.3) is 1.43 Å². The first-order chi connectivity index (χ1) is 5.24. The topological polar surface area (TPSA) is 37.3 Å². The van der Waals surface area contributed by atoms with Crippen molar-refractivity contribution in [1.29, 1.82) is 1.43 Å². The standard InChI is InChI=1S/C8H8O2/c1-6-3-2-4-7(5-6)8(9)10/h2-5H,1H3,(H,9,10)/i/hT. The summed E-state index contributed by atoms with van der Waals surface area (Å²) in [7, 11) is 0. The van der Waals surface area contributed by atoms with E-state index in [1.807, 2.05) is 13.0 Å². The Hall–Kier alpha value is -1.31. The van der Waals surface area contributed by atoms with E-state index in [9.17, 15) is 4.79 Å². The predicted octanol–water partition coefficient (Wildman–Crippen LogP) is 1.69. The van der Waals surface area contributed by atoms with Gasteiger partial charge in [0.1, 0.15) is 0 Å². The van der Waals surface area contributed by atoms with Crippen molar-refractivity contribution in [3.63, 3.8) is 0 Å². The van der Waals surface area contributed by atoms with Gasteiger partial charge in [0.2, 0.25) is 0 Å². The smallest absolute Gasteiger partial charge is 0.335 e. The summed E-state index contributed by atoms with van der Waals surface area (Å²) in [5, 5.41) is 3.80. The molecule has 0 unspecified atom stereocenters. The van der Waals surface area contributed by atoms with Crippen LogP contribution in [0.25, 0.3) is 1.43 Å². The molecule has 0 saturated heterocycles. The fraction of sp³-hybridized carbons (Fsp3) is 0.125. The molecule has 0 aliphatic heterocycles. The number of benzene rings is 1. The second-order valence-electron chi connectivity index (χ2n) is 2.16. The molecule has 0 spiro atoms. The molecule has 52 valence electrons. The zero-order valence-electron chi connectivity index (χ0n) is 6.63. The molecule has 0 aliphatic carbocycles. The molecule has 0 amide bonds. The van der Waals surface area contributed by atoms with Crippen LogP contribution >= 0.6 is 0 Å². The van der Waals surface area contributed by atoms with Crippen LogP contribution in [0, 0.1) is 6.92 Å². The molecule has 0 fully saturated rings. The molecule has 0 atom stereocenters. The third-order valence-electron chi connectivity index (χ3n) is 1.25. The van der Waals surface area contributed by atoms with E-state index in [0.717, 1.165) is 5.56 Å². The quantitative estimate of drug-likeness (QED) is 0.641. The maximum atomic E-state index is 10.8. The van der Waals surface area contributed by atoms with E-state index in [1.165, 1.54) is 0 Å². The van der Waals surface area contributed by atoms with E-state index >= 15 is 0 Å². The third kappa shape index (κ3) is 1.35. The fourth-order valence-corrected chi connectivity index (χ4v) is 0.772. The Morgan fingerprint density at radius 3 is 3.10 bits per heavy atom. The summed E-state index contributed by atoms with van der Waals surface area (Å²) in [6, 6.07) is 6.92. The van der Waals surface area contributed by atoms with Crippen LogP contribution in [0.15, 0.2) is 24.3 Å². The number of aromatic carboxylic acids is 1. The summed E-state index contributed by atoms with van der Waals surface area (Å²) in [6.45, 7) is 1.88. The lowest BCUT2D eigenvalue weighted by Gasteiger charge is -1.93. The molecule has 0 aromatic heterocycles. The van der Waals surface area contributed by atoms with Gasteiger partial charge < -0.3 is 5.11 Å². The van der Waals surface area contributed by atoms with Crippen LogP contribution in [-0.2, 0) is 0 Å². The Balaban J connectivity index is 2.96. The van der Waals surface area contributed by atoms with E-state index in [0.29, 0.717) is 5.56 Å². The Morgan fingerprint density at radius 2 is 2.50 bits per heavy atom. The highest BCUT2D eigenvalue weighted by molar-refractivity contribution is 5.87. The molecule has 1 N–H and O–H groups in total. The lowest BCUT2D eigenvalue weighted by atomic mass is 10.1. The summed E-state index contributed by atoms with van der Waals surface area (Å²) < 4.78 is 6.37. The number of aryl methyl sites for hydroxylation is 1. The maximum Gasteiger partial charge on any atom is 0.335 e. The SMILES string of the molecule is [3H]OC(=O)c1cccc(C)c1. The summed E-state index contributed by atoms with van der Waals surface area (Å²) in [5.74, 6) is -0.617. The number of carboxylic acids is 1. The Labute approximate surface area is 60.6 Å². The molecule has 0 aliphatic rings. The molecule has 1 aromatic rings. The van der Waals surface area contributed by atoms with Crippen molar-refractivity contribution in [2.75, 3.05) is 0 Å². The first kappa shape index (κ1) is 5.47. The largest absolute Gasteiger partial charge is 0.478 e. The molecule has 0 saturated carbocycles. The van der Waals surface area contributed by atoms with Gasteiger partial charge in [-0.05, 0) is 19.1 Å². The highest BCUT2D eigenvalue weighted by atomic mass is 16.4. The molecule has 2 heteroatoms. The van der Waals surface area contributed by atoms with Crippen LogP contribution < -0.4 is 0 Å². The van der Waals surface area contributed by atoms with Gasteiger partial charge in [-0.1, -0.05) is 17.7 Å². The highest BCUT2D eigenvalue weighted by Crippen LogP contribution is 2.02. The second kappa shape index (κ2) is 2.52. The number of rotatable bonds is 1. The van der Waals surface area contributed by atoms with Crippen molar-refractivity contribution in [3.8, 4) is 0 Å². The Morgan fingerprint density at radius 1 is 1.70 bits per heavy atom. The van der Waals surface area contributed by atoms with Crippen molar-refractivity contribution in [2.24, 2.45) is 0 Å². The van der Waals surface area contributed by atoms with Crippen LogP contribution in [0.3, 0.4) is 0 Å². The van der Waals surface area contributed by atoms with E-state index in [-0.39, 0.29) is 0 Å². The van der Waals surface area contributed by atoms with E-state index in [1.54, 1.807) is 18.2 Å². The van der Waals surface area contributed by atoms with Crippen LogP contribution in [0.4, 0.5) is 0 Å². The lowest BCUT2D eigenvalue weighted by Crippen LogP contribution is -1.95. The maximum absolute atomic E-state index is 10.8. The van der Waals surface area contributed by atoms with Crippen LogP contribution in [0.5, 0.6) is 0 Å². The molecule has 2 nitrogen and oxygen atoms in total. The van der Waals surface area contributed by atoms with Crippen molar-refractivity contribution in [3.05, 3.63) is 35.4 Å². The summed E-state index contributed by atoms with van der Waals surface area (Å²) in [5.41, 5.74) is 1.40. The Kier molecular flexibility index (Phi) is 1.38. The first-order valence-corrected chi connectivity index (χ1v) is 2.98. The van der Waals surface area contributed by atoms with Gasteiger partial charge in [-0.3, -0.25) is 0 Å². The average Bonchev–Trinajstić information content (AvgIpc) is 2.03. The molecule has 1 rings (SSSR count). The van der Waals surface area contributed by atoms with Crippen LogP contribution in [0.2, 0.25) is 0 Å². The van der Waals surface area contributed by atoms with Gasteiger partial charge in [0.15, 0.2) is 0 Å². The second-order valence-corrected chi connectivity index (χ2v) is 2.16. The molecular formula is C8H8O2. The lowest BCUT2D eigenvalue weighted by molar-refractivity contribution is 0.0697. The van der Waals surface area contributed by atoms with Gasteiger partial charge in [-0.15, -0.1) is 0 Å². The monoisotopic (exact) mass is 138 g/mol. The van der Waals surface area contributed by atoms with Gasteiger partial charge in [0, 0.05) is 0 Å². The first-order valence-electron chi connectivity index (χ1n) is 3.39. The molecule has 0 heterocycles. The molecule has 0 bridgehead atoms. The van der Waals surface area contributed by atoms with Crippen molar-refractivity contribution >= 4 is 5.97 Å². The number of hydrogen-bond acceptors (Lipinski definition) is 2. The van der Waals surface area contributed by atoms with Crippen molar-refractivity contribution in [1.82, 2.24) is 0 Å². The number of carboxylic acid groups (broad SMARTS) is 1. The normalized spacial score (nSPS) is 10.3. The zero-order chi connectivity index (χ0) is 8.27. The van der Waals surface area contributed by atoms with Gasteiger partial charge in [-0.25, -0.2) is 4.79 Å². The van der Waals surface area contributed by atoms with E-state index in [2.05, 4.69) is 5.11 Å². The Bertz CT molecular complexity index is 271. The average molecular weight is 138 g/mol. The zero-order valence-corrected chi connectivity index (χ0v) is 5.63. The van der Waals surface area contributed by atoms with Gasteiger partial charge in [-0.2, -0.15) is 0 Å². The molecule has 1 aromatic carbocycles. The van der Waals surface area contributed by atoms with Crippen molar-refractivity contribution < 1.29 is 9.90 Å². The van der Waals surface area contributed by atoms with Crippen LogP contribution in [-0.4, -0.2) is 11.1 Å². The van der Waals surface area contributed by atoms with Crippen molar-refractivity contribution in [2.45, 2.75) is 6.92 Å². The minimum atomic E-state index is -0.617. The van der Waals surface area contributed by atoms with Crippen LogP contribution in [0.1, 0.15) is 15.9 Å². The molecule has 0 radical (unpaired) electrons.